The number of rotatable bonds is 4. The summed E-state index contributed by atoms with van der Waals surface area (Å²) < 4.78 is 3.07. The van der Waals surface area contributed by atoms with Gasteiger partial charge in [-0.1, -0.05) is 22.0 Å². The Hall–Kier alpha value is -1.82. The summed E-state index contributed by atoms with van der Waals surface area (Å²) in [6.45, 7) is 6.29. The molecule has 0 saturated carbocycles. The van der Waals surface area contributed by atoms with Crippen molar-refractivity contribution in [1.82, 2.24) is 15.2 Å². The van der Waals surface area contributed by atoms with Gasteiger partial charge in [0.05, 0.1) is 24.2 Å². The summed E-state index contributed by atoms with van der Waals surface area (Å²) in [5.74, 6) is 0.926. The van der Waals surface area contributed by atoms with E-state index in [4.69, 9.17) is 0 Å². The highest BCUT2D eigenvalue weighted by atomic mass is 79.9. The van der Waals surface area contributed by atoms with Gasteiger partial charge in [0.25, 0.3) is 5.91 Å². The van der Waals surface area contributed by atoms with Crippen LogP contribution < -0.4 is 10.6 Å². The second-order valence-electron chi connectivity index (χ2n) is 5.72. The van der Waals surface area contributed by atoms with Gasteiger partial charge in [0.2, 0.25) is 0 Å². The molecule has 1 aliphatic heterocycles. The number of aromatic nitrogens is 1. The van der Waals surface area contributed by atoms with Crippen LogP contribution in [0.3, 0.4) is 0 Å². The fraction of sp³-hybridized carbons (Fsp3) is 0.375. The summed E-state index contributed by atoms with van der Waals surface area (Å²) in [7, 11) is 0. The standard InChI is InChI=1S/C16H19BrN4O/c1-10(2)20-16(22)13-8-21(9-15-18-5-6-19-15)14-7-11(17)3-4-12(13)14/h3-4,7-8,10H,5-6,9H2,1-2H3,(H,18,19)(H,20,22). The van der Waals surface area contributed by atoms with Gasteiger partial charge in [-0.3, -0.25) is 9.79 Å². The summed E-state index contributed by atoms with van der Waals surface area (Å²) >= 11 is 3.51. The number of fused-ring (bicyclic) bond motifs is 1. The number of nitrogens with zero attached hydrogens (tertiary/aromatic N) is 2. The number of hydrogen-bond acceptors (Lipinski definition) is 3. The van der Waals surface area contributed by atoms with E-state index in [-0.39, 0.29) is 11.9 Å². The van der Waals surface area contributed by atoms with E-state index in [0.717, 1.165) is 34.3 Å². The third kappa shape index (κ3) is 3.02. The maximum absolute atomic E-state index is 12.4. The zero-order valence-electron chi connectivity index (χ0n) is 12.7. The SMILES string of the molecule is CC(C)NC(=O)c1cn(CC2=NCCN2)c2cc(Br)ccc12. The van der Waals surface area contributed by atoms with Gasteiger partial charge in [0, 0.05) is 28.6 Å². The summed E-state index contributed by atoms with van der Waals surface area (Å²) in [5, 5.41) is 7.19. The average Bonchev–Trinajstić information content (AvgIpc) is 3.07. The fourth-order valence-electron chi connectivity index (χ4n) is 2.63. The van der Waals surface area contributed by atoms with Crippen LogP contribution in [0.1, 0.15) is 24.2 Å². The van der Waals surface area contributed by atoms with E-state index in [1.165, 1.54) is 0 Å². The molecule has 0 spiro atoms. The first-order valence-electron chi connectivity index (χ1n) is 7.41. The summed E-state index contributed by atoms with van der Waals surface area (Å²) in [5.41, 5.74) is 1.73. The number of amidine groups is 1. The number of hydrogen-bond donors (Lipinski definition) is 2. The molecule has 1 aliphatic rings. The third-order valence-electron chi connectivity index (χ3n) is 3.57. The van der Waals surface area contributed by atoms with E-state index >= 15 is 0 Å². The topological polar surface area (TPSA) is 58.4 Å². The highest BCUT2D eigenvalue weighted by molar-refractivity contribution is 9.10. The molecule has 0 unspecified atom stereocenters. The molecule has 0 fully saturated rings. The van der Waals surface area contributed by atoms with Crippen LogP contribution in [0.2, 0.25) is 0 Å². The zero-order chi connectivity index (χ0) is 15.7. The molecule has 0 bridgehead atoms. The van der Waals surface area contributed by atoms with Crippen LogP contribution in [0, 0.1) is 0 Å². The first kappa shape index (κ1) is 15.1. The number of nitrogens with one attached hydrogen (secondary N) is 2. The lowest BCUT2D eigenvalue weighted by atomic mass is 10.1. The van der Waals surface area contributed by atoms with Crippen molar-refractivity contribution >= 4 is 38.6 Å². The second kappa shape index (κ2) is 6.12. The Bertz CT molecular complexity index is 748. The fourth-order valence-corrected chi connectivity index (χ4v) is 2.98. The highest BCUT2D eigenvalue weighted by Crippen LogP contribution is 2.25. The minimum atomic E-state index is -0.0395. The predicted octanol–water partition coefficient (Wildman–Crippen LogP) is 2.54. The van der Waals surface area contributed by atoms with Gasteiger partial charge >= 0.3 is 0 Å². The van der Waals surface area contributed by atoms with E-state index in [9.17, 15) is 4.79 Å². The van der Waals surface area contributed by atoms with Crippen molar-refractivity contribution in [1.29, 1.82) is 0 Å². The largest absolute Gasteiger partial charge is 0.370 e. The lowest BCUT2D eigenvalue weighted by molar-refractivity contribution is 0.0944. The number of carbonyl (C=O) groups excluding carboxylic acids is 1. The lowest BCUT2D eigenvalue weighted by Gasteiger charge is -2.07. The van der Waals surface area contributed by atoms with Gasteiger partial charge in [-0.2, -0.15) is 0 Å². The van der Waals surface area contributed by atoms with Crippen LogP contribution in [0.4, 0.5) is 0 Å². The first-order chi connectivity index (χ1) is 10.5. The molecule has 1 aromatic heterocycles. The molecule has 116 valence electrons. The number of halogens is 1. The third-order valence-corrected chi connectivity index (χ3v) is 4.07. The van der Waals surface area contributed by atoms with Crippen LogP contribution in [-0.2, 0) is 6.54 Å². The Labute approximate surface area is 137 Å². The molecular weight excluding hydrogens is 344 g/mol. The van der Waals surface area contributed by atoms with Crippen molar-refractivity contribution in [3.8, 4) is 0 Å². The highest BCUT2D eigenvalue weighted by Gasteiger charge is 2.17. The van der Waals surface area contributed by atoms with Crippen molar-refractivity contribution in [2.24, 2.45) is 4.99 Å². The minimum Gasteiger partial charge on any atom is -0.370 e. The molecule has 2 N–H and O–H groups in total. The average molecular weight is 363 g/mol. The minimum absolute atomic E-state index is 0.0395. The Kier molecular flexibility index (Phi) is 4.20. The Morgan fingerprint density at radius 3 is 3.00 bits per heavy atom. The molecule has 6 heteroatoms. The van der Waals surface area contributed by atoms with E-state index < -0.39 is 0 Å². The van der Waals surface area contributed by atoms with Gasteiger partial charge < -0.3 is 15.2 Å². The molecule has 0 atom stereocenters. The molecule has 0 radical (unpaired) electrons. The quantitative estimate of drug-likeness (QED) is 0.877. The normalized spacial score (nSPS) is 14.3. The van der Waals surface area contributed by atoms with Crippen molar-refractivity contribution in [3.63, 3.8) is 0 Å². The monoisotopic (exact) mass is 362 g/mol. The summed E-state index contributed by atoms with van der Waals surface area (Å²) in [4.78, 5) is 16.9. The molecule has 2 heterocycles. The molecule has 0 aliphatic carbocycles. The second-order valence-corrected chi connectivity index (χ2v) is 6.63. The Morgan fingerprint density at radius 2 is 2.32 bits per heavy atom. The van der Waals surface area contributed by atoms with E-state index in [0.29, 0.717) is 12.1 Å². The van der Waals surface area contributed by atoms with Crippen LogP contribution >= 0.6 is 15.9 Å². The zero-order valence-corrected chi connectivity index (χ0v) is 14.3. The Balaban J connectivity index is 2.03. The van der Waals surface area contributed by atoms with Crippen LogP contribution in [0.5, 0.6) is 0 Å². The maximum atomic E-state index is 12.4. The first-order valence-corrected chi connectivity index (χ1v) is 8.20. The molecule has 1 amide bonds. The maximum Gasteiger partial charge on any atom is 0.253 e. The van der Waals surface area contributed by atoms with E-state index in [1.54, 1.807) is 0 Å². The van der Waals surface area contributed by atoms with Crippen molar-refractivity contribution < 1.29 is 4.79 Å². The smallest absolute Gasteiger partial charge is 0.253 e. The van der Waals surface area contributed by atoms with Crippen molar-refractivity contribution in [3.05, 3.63) is 34.4 Å². The summed E-state index contributed by atoms with van der Waals surface area (Å²) in [6.07, 6.45) is 1.91. The number of benzene rings is 1. The van der Waals surface area contributed by atoms with E-state index in [2.05, 4.69) is 36.1 Å². The van der Waals surface area contributed by atoms with Gasteiger partial charge in [0.1, 0.15) is 5.84 Å². The van der Waals surface area contributed by atoms with Crippen LogP contribution in [0.25, 0.3) is 10.9 Å². The molecule has 0 saturated heterocycles. The van der Waals surface area contributed by atoms with Crippen molar-refractivity contribution in [2.45, 2.75) is 26.4 Å². The molecule has 2 aromatic rings. The van der Waals surface area contributed by atoms with Gasteiger partial charge in [-0.25, -0.2) is 0 Å². The molecule has 22 heavy (non-hydrogen) atoms. The van der Waals surface area contributed by atoms with Crippen LogP contribution in [0.15, 0.2) is 33.9 Å². The molecular formula is C16H19BrN4O. The molecule has 3 rings (SSSR count). The number of aliphatic imine (C=N–C) groups is 1. The number of carbonyl (C=O) groups is 1. The van der Waals surface area contributed by atoms with Crippen LogP contribution in [-0.4, -0.2) is 35.4 Å². The van der Waals surface area contributed by atoms with E-state index in [1.807, 2.05) is 38.2 Å². The van der Waals surface area contributed by atoms with Gasteiger partial charge in [-0.05, 0) is 26.0 Å². The lowest BCUT2D eigenvalue weighted by Crippen LogP contribution is -2.30. The van der Waals surface area contributed by atoms with Gasteiger partial charge in [0.15, 0.2) is 0 Å². The molecule has 1 aromatic carbocycles. The van der Waals surface area contributed by atoms with Gasteiger partial charge in [-0.15, -0.1) is 0 Å². The Morgan fingerprint density at radius 1 is 1.50 bits per heavy atom. The number of amides is 1. The summed E-state index contributed by atoms with van der Waals surface area (Å²) in [6, 6.07) is 6.10. The van der Waals surface area contributed by atoms with Crippen molar-refractivity contribution in [2.75, 3.05) is 13.1 Å². The predicted molar refractivity (Wildman–Crippen MR) is 92.5 cm³/mol. The molecule has 5 nitrogen and oxygen atoms in total.